The summed E-state index contributed by atoms with van der Waals surface area (Å²) in [6.45, 7) is 2.79. The first kappa shape index (κ1) is 23.3. The molecule has 1 aromatic carbocycles. The van der Waals surface area contributed by atoms with Crippen molar-refractivity contribution in [2.75, 3.05) is 32.2 Å². The van der Waals surface area contributed by atoms with Crippen LogP contribution in [0.1, 0.15) is 36.5 Å². The standard InChI is InChI=1S/C20H27ClN2O5S/c1-13(24)23-9-6-15(7-10-23)28-18-5-4-14(21)12-16(18)19(25)22-17(8-11-29-3)20(26)27-2/h4-5,12,15,17H,6-11H2,1-3H3,(H,22,25)/t17-/m0/s1. The molecule has 0 saturated carbocycles. The van der Waals surface area contributed by atoms with Gasteiger partial charge < -0.3 is 19.7 Å². The van der Waals surface area contributed by atoms with E-state index in [1.807, 2.05) is 6.26 Å². The van der Waals surface area contributed by atoms with Crippen molar-refractivity contribution < 1.29 is 23.9 Å². The minimum atomic E-state index is -0.745. The lowest BCUT2D eigenvalue weighted by molar-refractivity contribution is -0.143. The molecule has 0 aliphatic carbocycles. The molecule has 1 aromatic rings. The number of hydrogen-bond donors (Lipinski definition) is 1. The van der Waals surface area contributed by atoms with Gasteiger partial charge in [-0.05, 0) is 36.6 Å². The second-order valence-electron chi connectivity index (χ2n) is 6.79. The van der Waals surface area contributed by atoms with Gasteiger partial charge in [-0.2, -0.15) is 11.8 Å². The molecule has 1 saturated heterocycles. The molecule has 0 aromatic heterocycles. The van der Waals surface area contributed by atoms with E-state index in [1.54, 1.807) is 35.7 Å². The number of likely N-dealkylation sites (tertiary alicyclic amines) is 1. The summed E-state index contributed by atoms with van der Waals surface area (Å²) in [5, 5.41) is 3.12. The third kappa shape index (κ3) is 6.82. The highest BCUT2D eigenvalue weighted by molar-refractivity contribution is 7.98. The summed E-state index contributed by atoms with van der Waals surface area (Å²) >= 11 is 7.67. The molecule has 0 radical (unpaired) electrons. The van der Waals surface area contributed by atoms with Crippen LogP contribution in [0, 0.1) is 0 Å². The predicted molar refractivity (Wildman–Crippen MR) is 114 cm³/mol. The largest absolute Gasteiger partial charge is 0.489 e. The highest BCUT2D eigenvalue weighted by Crippen LogP contribution is 2.26. The van der Waals surface area contributed by atoms with Crippen LogP contribution in [0.2, 0.25) is 5.02 Å². The summed E-state index contributed by atoms with van der Waals surface area (Å²) in [7, 11) is 1.29. The van der Waals surface area contributed by atoms with Crippen molar-refractivity contribution in [2.45, 2.75) is 38.3 Å². The van der Waals surface area contributed by atoms with Crippen LogP contribution in [0.25, 0.3) is 0 Å². The second kappa shape index (κ2) is 11.3. The van der Waals surface area contributed by atoms with E-state index in [0.717, 1.165) is 0 Å². The Balaban J connectivity index is 2.11. The van der Waals surface area contributed by atoms with Gasteiger partial charge in [0.2, 0.25) is 5.91 Å². The number of ether oxygens (including phenoxy) is 2. The lowest BCUT2D eigenvalue weighted by atomic mass is 10.1. The quantitative estimate of drug-likeness (QED) is 0.623. The number of methoxy groups -OCH3 is 1. The number of piperidine rings is 1. The average Bonchev–Trinajstić information content (AvgIpc) is 2.72. The van der Waals surface area contributed by atoms with E-state index in [1.165, 1.54) is 13.2 Å². The molecule has 1 heterocycles. The smallest absolute Gasteiger partial charge is 0.328 e. The molecule has 1 fully saturated rings. The number of nitrogens with one attached hydrogen (secondary N) is 1. The SMILES string of the molecule is COC(=O)[C@H](CCSC)NC(=O)c1cc(Cl)ccc1OC1CCN(C(C)=O)CC1. The fraction of sp³-hybridized carbons (Fsp3) is 0.550. The predicted octanol–water partition coefficient (Wildman–Crippen LogP) is 2.75. The number of carbonyl (C=O) groups excluding carboxylic acids is 3. The van der Waals surface area contributed by atoms with Crippen LogP contribution in [-0.4, -0.2) is 67.0 Å². The third-order valence-electron chi connectivity index (χ3n) is 4.77. The number of amides is 2. The summed E-state index contributed by atoms with van der Waals surface area (Å²) < 4.78 is 10.9. The van der Waals surface area contributed by atoms with E-state index >= 15 is 0 Å². The Kier molecular flexibility index (Phi) is 9.10. The van der Waals surface area contributed by atoms with Gasteiger partial charge in [0.15, 0.2) is 0 Å². The van der Waals surface area contributed by atoms with E-state index in [4.69, 9.17) is 21.1 Å². The Bertz CT molecular complexity index is 738. The van der Waals surface area contributed by atoms with E-state index < -0.39 is 17.9 Å². The summed E-state index contributed by atoms with van der Waals surface area (Å²) in [4.78, 5) is 38.1. The van der Waals surface area contributed by atoms with Crippen molar-refractivity contribution in [3.8, 4) is 5.75 Å². The maximum absolute atomic E-state index is 12.9. The minimum absolute atomic E-state index is 0.0501. The first-order valence-corrected chi connectivity index (χ1v) is 11.2. The normalized spacial score (nSPS) is 15.5. The second-order valence-corrected chi connectivity index (χ2v) is 8.22. The Labute approximate surface area is 180 Å². The Hall–Kier alpha value is -1.93. The van der Waals surface area contributed by atoms with Crippen molar-refractivity contribution in [1.82, 2.24) is 10.2 Å². The van der Waals surface area contributed by atoms with Gasteiger partial charge >= 0.3 is 5.97 Å². The highest BCUT2D eigenvalue weighted by Gasteiger charge is 2.26. The number of esters is 1. The molecule has 0 bridgehead atoms. The first-order chi connectivity index (χ1) is 13.8. The lowest BCUT2D eigenvalue weighted by Crippen LogP contribution is -2.42. The third-order valence-corrected chi connectivity index (χ3v) is 5.65. The monoisotopic (exact) mass is 442 g/mol. The molecule has 1 N–H and O–H groups in total. The molecule has 1 atom stereocenters. The molecule has 1 aliphatic heterocycles. The van der Waals surface area contributed by atoms with Crippen LogP contribution >= 0.6 is 23.4 Å². The van der Waals surface area contributed by atoms with Gasteiger partial charge in [-0.25, -0.2) is 4.79 Å². The van der Waals surface area contributed by atoms with Gasteiger partial charge in [-0.3, -0.25) is 9.59 Å². The van der Waals surface area contributed by atoms with Gasteiger partial charge in [0.05, 0.1) is 12.7 Å². The Morgan fingerprint density at radius 1 is 1.31 bits per heavy atom. The first-order valence-electron chi connectivity index (χ1n) is 9.45. The molecule has 1 aliphatic rings. The Morgan fingerprint density at radius 2 is 2.00 bits per heavy atom. The van der Waals surface area contributed by atoms with Crippen LogP contribution in [0.15, 0.2) is 18.2 Å². The van der Waals surface area contributed by atoms with Crippen molar-refractivity contribution >= 4 is 41.1 Å². The maximum atomic E-state index is 12.9. The molecular weight excluding hydrogens is 416 g/mol. The molecule has 7 nitrogen and oxygen atoms in total. The number of carbonyl (C=O) groups is 3. The van der Waals surface area contributed by atoms with Crippen molar-refractivity contribution in [2.24, 2.45) is 0 Å². The fourth-order valence-electron chi connectivity index (χ4n) is 3.11. The van der Waals surface area contributed by atoms with Gasteiger partial charge in [-0.15, -0.1) is 0 Å². The molecular formula is C20H27ClN2O5S. The number of halogens is 1. The van der Waals surface area contributed by atoms with E-state index in [2.05, 4.69) is 5.32 Å². The van der Waals surface area contributed by atoms with Crippen LogP contribution < -0.4 is 10.1 Å². The van der Waals surface area contributed by atoms with Crippen LogP contribution in [0.4, 0.5) is 0 Å². The molecule has 29 heavy (non-hydrogen) atoms. The Morgan fingerprint density at radius 3 is 2.59 bits per heavy atom. The van der Waals surface area contributed by atoms with E-state index in [0.29, 0.717) is 48.9 Å². The van der Waals surface area contributed by atoms with Crippen molar-refractivity contribution in [3.05, 3.63) is 28.8 Å². The number of rotatable bonds is 8. The maximum Gasteiger partial charge on any atom is 0.328 e. The molecule has 0 spiro atoms. The lowest BCUT2D eigenvalue weighted by Gasteiger charge is -2.32. The van der Waals surface area contributed by atoms with Crippen LogP contribution in [0.3, 0.4) is 0 Å². The van der Waals surface area contributed by atoms with E-state index in [-0.39, 0.29) is 17.6 Å². The zero-order valence-corrected chi connectivity index (χ0v) is 18.5. The van der Waals surface area contributed by atoms with Gasteiger partial charge in [-0.1, -0.05) is 11.6 Å². The summed E-state index contributed by atoms with van der Waals surface area (Å²) in [5.74, 6) is 0.220. The summed E-state index contributed by atoms with van der Waals surface area (Å²) in [6, 6.07) is 4.10. The van der Waals surface area contributed by atoms with Gasteiger partial charge in [0, 0.05) is 37.9 Å². The van der Waals surface area contributed by atoms with Gasteiger partial charge in [0.1, 0.15) is 17.9 Å². The molecule has 0 unspecified atom stereocenters. The number of benzene rings is 1. The molecule has 2 amide bonds. The van der Waals surface area contributed by atoms with Crippen molar-refractivity contribution in [3.63, 3.8) is 0 Å². The fourth-order valence-corrected chi connectivity index (χ4v) is 3.76. The van der Waals surface area contributed by atoms with Crippen LogP contribution in [0.5, 0.6) is 5.75 Å². The zero-order chi connectivity index (χ0) is 21.4. The number of hydrogen-bond acceptors (Lipinski definition) is 6. The molecule has 2 rings (SSSR count). The van der Waals surface area contributed by atoms with E-state index in [9.17, 15) is 14.4 Å². The average molecular weight is 443 g/mol. The topological polar surface area (TPSA) is 84.9 Å². The number of thioether (sulfide) groups is 1. The van der Waals surface area contributed by atoms with Crippen molar-refractivity contribution in [1.29, 1.82) is 0 Å². The minimum Gasteiger partial charge on any atom is -0.489 e. The zero-order valence-electron chi connectivity index (χ0n) is 16.9. The summed E-state index contributed by atoms with van der Waals surface area (Å²) in [6.07, 6.45) is 3.64. The number of nitrogens with zero attached hydrogens (tertiary/aromatic N) is 1. The summed E-state index contributed by atoms with van der Waals surface area (Å²) in [5.41, 5.74) is 0.268. The highest BCUT2D eigenvalue weighted by atomic mass is 35.5. The van der Waals surface area contributed by atoms with Crippen LogP contribution in [-0.2, 0) is 14.3 Å². The molecule has 9 heteroatoms. The molecule has 160 valence electrons. The van der Waals surface area contributed by atoms with Gasteiger partial charge in [0.25, 0.3) is 5.91 Å².